The minimum absolute atomic E-state index is 0.0167. The Morgan fingerprint density at radius 2 is 2.00 bits per heavy atom. The van der Waals surface area contributed by atoms with E-state index in [2.05, 4.69) is 36.2 Å². The molecule has 0 saturated carbocycles. The summed E-state index contributed by atoms with van der Waals surface area (Å²) in [5.74, 6) is 1.19. The Balaban J connectivity index is 1.56. The van der Waals surface area contributed by atoms with Crippen molar-refractivity contribution >= 4 is 5.91 Å². The topological polar surface area (TPSA) is 85.2 Å². The Labute approximate surface area is 153 Å². The molecule has 138 valence electrons. The summed E-state index contributed by atoms with van der Waals surface area (Å²) >= 11 is 0. The SMILES string of the molecule is CC(C)(Cc1ccccc1)c1nnc(C2CCCC3CC(N)C(=O)N32)o1. The van der Waals surface area contributed by atoms with E-state index in [4.69, 9.17) is 10.2 Å². The molecule has 2 aliphatic heterocycles. The number of benzene rings is 1. The van der Waals surface area contributed by atoms with Crippen LogP contribution in [0.2, 0.25) is 0 Å². The van der Waals surface area contributed by atoms with E-state index in [-0.39, 0.29) is 23.4 Å². The molecule has 2 aromatic rings. The Hall–Kier alpha value is -2.21. The van der Waals surface area contributed by atoms with Gasteiger partial charge in [-0.2, -0.15) is 0 Å². The number of amides is 1. The van der Waals surface area contributed by atoms with Crippen molar-refractivity contribution in [1.29, 1.82) is 0 Å². The van der Waals surface area contributed by atoms with E-state index >= 15 is 0 Å². The number of hydrogen-bond acceptors (Lipinski definition) is 5. The molecule has 2 fully saturated rings. The lowest BCUT2D eigenvalue weighted by molar-refractivity contribution is -0.134. The van der Waals surface area contributed by atoms with Gasteiger partial charge in [0.1, 0.15) is 6.04 Å². The summed E-state index contributed by atoms with van der Waals surface area (Å²) in [7, 11) is 0. The number of rotatable bonds is 4. The third kappa shape index (κ3) is 3.03. The molecule has 0 aliphatic carbocycles. The van der Waals surface area contributed by atoms with E-state index in [1.807, 2.05) is 23.1 Å². The molecule has 2 saturated heterocycles. The molecular formula is C20H26N4O2. The largest absolute Gasteiger partial charge is 0.422 e. The van der Waals surface area contributed by atoms with Crippen molar-refractivity contribution < 1.29 is 9.21 Å². The van der Waals surface area contributed by atoms with E-state index in [1.165, 1.54) is 5.56 Å². The van der Waals surface area contributed by atoms with Gasteiger partial charge in [-0.3, -0.25) is 4.79 Å². The third-order valence-electron chi connectivity index (χ3n) is 5.64. The molecule has 0 spiro atoms. The molecule has 2 aliphatic rings. The molecule has 6 heteroatoms. The van der Waals surface area contributed by atoms with Crippen LogP contribution in [-0.2, 0) is 16.6 Å². The Morgan fingerprint density at radius 1 is 1.23 bits per heavy atom. The third-order valence-corrected chi connectivity index (χ3v) is 5.64. The molecule has 26 heavy (non-hydrogen) atoms. The molecule has 0 bridgehead atoms. The van der Waals surface area contributed by atoms with Gasteiger partial charge in [0, 0.05) is 11.5 Å². The second-order valence-electron chi connectivity index (χ2n) is 8.18. The maximum absolute atomic E-state index is 12.5. The normalized spacial score (nSPS) is 26.2. The maximum Gasteiger partial charge on any atom is 0.240 e. The first-order valence-corrected chi connectivity index (χ1v) is 9.41. The van der Waals surface area contributed by atoms with Crippen LogP contribution in [0.5, 0.6) is 0 Å². The molecule has 0 radical (unpaired) electrons. The van der Waals surface area contributed by atoms with Gasteiger partial charge in [-0.25, -0.2) is 0 Å². The molecule has 6 nitrogen and oxygen atoms in total. The van der Waals surface area contributed by atoms with Crippen LogP contribution in [0.4, 0.5) is 0 Å². The number of hydrogen-bond donors (Lipinski definition) is 1. The van der Waals surface area contributed by atoms with Crippen LogP contribution in [0.1, 0.15) is 62.9 Å². The molecule has 2 N–H and O–H groups in total. The van der Waals surface area contributed by atoms with E-state index < -0.39 is 6.04 Å². The molecule has 1 amide bonds. The smallest absolute Gasteiger partial charge is 0.240 e. The summed E-state index contributed by atoms with van der Waals surface area (Å²) in [6, 6.07) is 9.98. The highest BCUT2D eigenvalue weighted by Gasteiger charge is 2.45. The number of carbonyl (C=O) groups is 1. The van der Waals surface area contributed by atoms with Crippen molar-refractivity contribution in [3.63, 3.8) is 0 Å². The van der Waals surface area contributed by atoms with Crippen LogP contribution < -0.4 is 5.73 Å². The zero-order chi connectivity index (χ0) is 18.3. The monoisotopic (exact) mass is 354 g/mol. The number of fused-ring (bicyclic) bond motifs is 1. The number of nitrogens with zero attached hydrogens (tertiary/aromatic N) is 3. The molecule has 3 heterocycles. The number of carbonyl (C=O) groups excluding carboxylic acids is 1. The maximum atomic E-state index is 12.5. The fourth-order valence-corrected chi connectivity index (χ4v) is 4.30. The summed E-state index contributed by atoms with van der Waals surface area (Å²) in [5.41, 5.74) is 6.94. The van der Waals surface area contributed by atoms with E-state index in [0.717, 1.165) is 32.1 Å². The van der Waals surface area contributed by atoms with Crippen LogP contribution in [0.25, 0.3) is 0 Å². The van der Waals surface area contributed by atoms with Crippen LogP contribution in [-0.4, -0.2) is 33.1 Å². The molecule has 3 atom stereocenters. The average Bonchev–Trinajstić information content (AvgIpc) is 3.22. The predicted molar refractivity (Wildman–Crippen MR) is 97.3 cm³/mol. The van der Waals surface area contributed by atoms with Crippen molar-refractivity contribution in [3.05, 3.63) is 47.7 Å². The quantitative estimate of drug-likeness (QED) is 0.912. The Kier molecular flexibility index (Phi) is 4.31. The lowest BCUT2D eigenvalue weighted by atomic mass is 9.86. The van der Waals surface area contributed by atoms with Gasteiger partial charge in [-0.1, -0.05) is 44.2 Å². The van der Waals surface area contributed by atoms with Gasteiger partial charge in [0.25, 0.3) is 0 Å². The standard InChI is InChI=1S/C20H26N4O2/c1-20(2,12-13-7-4-3-5-8-13)19-23-22-17(26-19)16-10-6-9-14-11-15(21)18(25)24(14)16/h3-5,7-8,14-16H,6,9-12,21H2,1-2H3. The first-order chi connectivity index (χ1) is 12.5. The first kappa shape index (κ1) is 17.2. The van der Waals surface area contributed by atoms with Gasteiger partial charge < -0.3 is 15.1 Å². The molecular weight excluding hydrogens is 328 g/mol. The van der Waals surface area contributed by atoms with Crippen molar-refractivity contribution in [3.8, 4) is 0 Å². The summed E-state index contributed by atoms with van der Waals surface area (Å²) in [6.07, 6.45) is 4.47. The van der Waals surface area contributed by atoms with Crippen LogP contribution in [0.15, 0.2) is 34.7 Å². The Morgan fingerprint density at radius 3 is 2.77 bits per heavy atom. The molecule has 1 aromatic carbocycles. The summed E-state index contributed by atoms with van der Waals surface area (Å²) in [4.78, 5) is 14.4. The lowest BCUT2D eigenvalue weighted by Gasteiger charge is -2.35. The fourth-order valence-electron chi connectivity index (χ4n) is 4.30. The first-order valence-electron chi connectivity index (χ1n) is 9.41. The van der Waals surface area contributed by atoms with Gasteiger partial charge in [-0.15, -0.1) is 10.2 Å². The van der Waals surface area contributed by atoms with Gasteiger partial charge in [0.05, 0.1) is 6.04 Å². The van der Waals surface area contributed by atoms with E-state index in [9.17, 15) is 4.79 Å². The number of nitrogens with two attached hydrogens (primary N) is 1. The van der Waals surface area contributed by atoms with Crippen molar-refractivity contribution in [2.45, 2.75) is 69.5 Å². The zero-order valence-corrected chi connectivity index (χ0v) is 15.4. The van der Waals surface area contributed by atoms with Gasteiger partial charge in [-0.05, 0) is 37.7 Å². The minimum atomic E-state index is -0.391. The van der Waals surface area contributed by atoms with Crippen LogP contribution in [0, 0.1) is 0 Å². The van der Waals surface area contributed by atoms with Gasteiger partial charge in [0.2, 0.25) is 17.7 Å². The average molecular weight is 354 g/mol. The van der Waals surface area contributed by atoms with Crippen molar-refractivity contribution in [1.82, 2.24) is 15.1 Å². The Bertz CT molecular complexity index is 786. The second kappa shape index (κ2) is 6.50. The fraction of sp³-hybridized carbons (Fsp3) is 0.550. The van der Waals surface area contributed by atoms with E-state index in [0.29, 0.717) is 11.8 Å². The highest BCUT2D eigenvalue weighted by molar-refractivity contribution is 5.84. The van der Waals surface area contributed by atoms with Crippen LogP contribution in [0.3, 0.4) is 0 Å². The molecule has 3 unspecified atom stereocenters. The lowest BCUT2D eigenvalue weighted by Crippen LogP contribution is -2.42. The second-order valence-corrected chi connectivity index (χ2v) is 8.18. The highest BCUT2D eigenvalue weighted by atomic mass is 16.4. The van der Waals surface area contributed by atoms with Crippen molar-refractivity contribution in [2.75, 3.05) is 0 Å². The highest BCUT2D eigenvalue weighted by Crippen LogP contribution is 2.40. The van der Waals surface area contributed by atoms with Crippen molar-refractivity contribution in [2.24, 2.45) is 5.73 Å². The number of piperidine rings is 1. The van der Waals surface area contributed by atoms with Gasteiger partial charge >= 0.3 is 0 Å². The summed E-state index contributed by atoms with van der Waals surface area (Å²) in [5, 5.41) is 8.65. The molecule has 4 rings (SSSR count). The van der Waals surface area contributed by atoms with E-state index in [1.54, 1.807) is 0 Å². The van der Waals surface area contributed by atoms with Gasteiger partial charge in [0.15, 0.2) is 0 Å². The predicted octanol–water partition coefficient (Wildman–Crippen LogP) is 2.74. The molecule has 1 aromatic heterocycles. The summed E-state index contributed by atoms with van der Waals surface area (Å²) < 4.78 is 6.09. The zero-order valence-electron chi connectivity index (χ0n) is 15.4. The number of aromatic nitrogens is 2. The minimum Gasteiger partial charge on any atom is -0.422 e. The van der Waals surface area contributed by atoms with Crippen LogP contribution >= 0.6 is 0 Å². The summed E-state index contributed by atoms with van der Waals surface area (Å²) in [6.45, 7) is 4.22.